The Kier molecular flexibility index (Phi) is 4.21. The lowest BCUT2D eigenvalue weighted by molar-refractivity contribution is -0.157. The number of fused-ring (bicyclic) bond motifs is 1. The second-order valence-corrected chi connectivity index (χ2v) is 5.82. The molecule has 0 unspecified atom stereocenters. The summed E-state index contributed by atoms with van der Waals surface area (Å²) in [6, 6.07) is 15.1. The summed E-state index contributed by atoms with van der Waals surface area (Å²) in [4.78, 5) is 0. The Labute approximate surface area is 128 Å². The van der Waals surface area contributed by atoms with Crippen molar-refractivity contribution in [2.45, 2.75) is 37.5 Å². The number of rotatable bonds is 4. The van der Waals surface area contributed by atoms with Gasteiger partial charge in [0.1, 0.15) is 6.04 Å². The van der Waals surface area contributed by atoms with E-state index in [4.69, 9.17) is 0 Å². The van der Waals surface area contributed by atoms with Crippen molar-refractivity contribution in [3.05, 3.63) is 71.3 Å². The Bertz CT molecular complexity index is 597. The van der Waals surface area contributed by atoms with Crippen molar-refractivity contribution < 1.29 is 13.2 Å². The van der Waals surface area contributed by atoms with E-state index in [0.717, 1.165) is 11.1 Å². The Morgan fingerprint density at radius 3 is 2.00 bits per heavy atom. The molecular weight excluding hydrogens is 287 g/mol. The molecule has 0 radical (unpaired) electrons. The molecule has 0 spiro atoms. The van der Waals surface area contributed by atoms with Gasteiger partial charge in [-0.1, -0.05) is 54.6 Å². The SMILES string of the molecule is FC(F)(F)[C@@H](Cc1ccccc1)NC1Cc2ccccc2C1. The van der Waals surface area contributed by atoms with Gasteiger partial charge in [-0.25, -0.2) is 0 Å². The highest BCUT2D eigenvalue weighted by molar-refractivity contribution is 5.33. The first kappa shape index (κ1) is 15.1. The lowest BCUT2D eigenvalue weighted by Gasteiger charge is -2.25. The summed E-state index contributed by atoms with van der Waals surface area (Å²) in [6.07, 6.45) is -2.95. The first-order chi connectivity index (χ1) is 10.5. The van der Waals surface area contributed by atoms with E-state index >= 15 is 0 Å². The van der Waals surface area contributed by atoms with Gasteiger partial charge in [0.15, 0.2) is 0 Å². The molecular formula is C18H18F3N. The summed E-state index contributed by atoms with van der Waals surface area (Å²) >= 11 is 0. The monoisotopic (exact) mass is 305 g/mol. The Morgan fingerprint density at radius 1 is 0.909 bits per heavy atom. The Morgan fingerprint density at radius 2 is 1.45 bits per heavy atom. The molecule has 0 heterocycles. The molecule has 116 valence electrons. The van der Waals surface area contributed by atoms with E-state index < -0.39 is 12.2 Å². The molecule has 4 heteroatoms. The molecule has 1 N–H and O–H groups in total. The summed E-state index contributed by atoms with van der Waals surface area (Å²) in [5.41, 5.74) is 3.01. The van der Waals surface area contributed by atoms with Crippen LogP contribution in [-0.2, 0) is 19.3 Å². The zero-order valence-corrected chi connectivity index (χ0v) is 12.1. The minimum Gasteiger partial charge on any atom is -0.302 e. The fraction of sp³-hybridized carbons (Fsp3) is 0.333. The highest BCUT2D eigenvalue weighted by atomic mass is 19.4. The maximum atomic E-state index is 13.3. The first-order valence-corrected chi connectivity index (χ1v) is 7.46. The summed E-state index contributed by atoms with van der Waals surface area (Å²) in [5, 5.41) is 2.83. The second kappa shape index (κ2) is 6.13. The molecule has 1 nitrogen and oxygen atoms in total. The minimum atomic E-state index is -4.25. The standard InChI is InChI=1S/C18H18F3N/c19-18(20,21)17(10-13-6-2-1-3-7-13)22-16-11-14-8-4-5-9-15(14)12-16/h1-9,16-17,22H,10-12H2/t17-/m1/s1. The second-order valence-electron chi connectivity index (χ2n) is 5.82. The fourth-order valence-electron chi connectivity index (χ4n) is 3.08. The lowest BCUT2D eigenvalue weighted by atomic mass is 10.0. The van der Waals surface area contributed by atoms with Gasteiger partial charge in [-0.3, -0.25) is 0 Å². The third-order valence-corrected chi connectivity index (χ3v) is 4.17. The average molecular weight is 305 g/mol. The molecule has 0 saturated carbocycles. The zero-order valence-electron chi connectivity index (χ0n) is 12.1. The Balaban J connectivity index is 1.70. The molecule has 2 aromatic carbocycles. The van der Waals surface area contributed by atoms with Gasteiger partial charge in [0.25, 0.3) is 0 Å². The average Bonchev–Trinajstić information content (AvgIpc) is 2.89. The largest absolute Gasteiger partial charge is 0.404 e. The maximum Gasteiger partial charge on any atom is 0.404 e. The molecule has 0 fully saturated rings. The molecule has 0 bridgehead atoms. The van der Waals surface area contributed by atoms with Gasteiger partial charge in [0.2, 0.25) is 0 Å². The van der Waals surface area contributed by atoms with Crippen LogP contribution in [0.3, 0.4) is 0 Å². The third kappa shape index (κ3) is 3.50. The lowest BCUT2D eigenvalue weighted by Crippen LogP contribution is -2.49. The minimum absolute atomic E-state index is 0.0306. The van der Waals surface area contributed by atoms with Crippen molar-refractivity contribution in [2.24, 2.45) is 0 Å². The molecule has 0 amide bonds. The topological polar surface area (TPSA) is 12.0 Å². The van der Waals surface area contributed by atoms with E-state index in [1.165, 1.54) is 0 Å². The fourth-order valence-corrected chi connectivity index (χ4v) is 3.08. The van der Waals surface area contributed by atoms with Crippen molar-refractivity contribution in [3.8, 4) is 0 Å². The predicted octanol–water partition coefficient (Wildman–Crippen LogP) is 3.92. The molecule has 3 rings (SSSR count). The Hall–Kier alpha value is -1.81. The van der Waals surface area contributed by atoms with E-state index in [1.807, 2.05) is 30.3 Å². The van der Waals surface area contributed by atoms with Gasteiger partial charge >= 0.3 is 6.18 Å². The third-order valence-electron chi connectivity index (χ3n) is 4.17. The molecule has 1 aliphatic rings. The van der Waals surface area contributed by atoms with Crippen LogP contribution in [0, 0.1) is 0 Å². The molecule has 22 heavy (non-hydrogen) atoms. The van der Waals surface area contributed by atoms with Gasteiger partial charge < -0.3 is 5.32 Å². The number of nitrogens with one attached hydrogen (secondary N) is 1. The van der Waals surface area contributed by atoms with Crippen LogP contribution in [0.4, 0.5) is 13.2 Å². The van der Waals surface area contributed by atoms with Crippen LogP contribution >= 0.6 is 0 Å². The predicted molar refractivity (Wildman–Crippen MR) is 80.8 cm³/mol. The summed E-state index contributed by atoms with van der Waals surface area (Å²) < 4.78 is 40.0. The highest BCUT2D eigenvalue weighted by Crippen LogP contribution is 2.27. The van der Waals surface area contributed by atoms with Crippen LogP contribution in [-0.4, -0.2) is 18.3 Å². The quantitative estimate of drug-likeness (QED) is 0.903. The first-order valence-electron chi connectivity index (χ1n) is 7.46. The summed E-state index contributed by atoms with van der Waals surface area (Å²) in [7, 11) is 0. The number of alkyl halides is 3. The van der Waals surface area contributed by atoms with Crippen molar-refractivity contribution in [1.29, 1.82) is 0 Å². The number of benzene rings is 2. The number of hydrogen-bond acceptors (Lipinski definition) is 1. The van der Waals surface area contributed by atoms with Gasteiger partial charge in [-0.15, -0.1) is 0 Å². The van der Waals surface area contributed by atoms with Crippen molar-refractivity contribution in [1.82, 2.24) is 5.32 Å². The molecule has 0 aliphatic heterocycles. The number of hydrogen-bond donors (Lipinski definition) is 1. The summed E-state index contributed by atoms with van der Waals surface area (Å²) in [5.74, 6) is 0. The van der Waals surface area contributed by atoms with Crippen LogP contribution in [0.25, 0.3) is 0 Å². The van der Waals surface area contributed by atoms with E-state index in [1.54, 1.807) is 24.3 Å². The van der Waals surface area contributed by atoms with Crippen LogP contribution in [0.2, 0.25) is 0 Å². The zero-order chi connectivity index (χ0) is 15.6. The van der Waals surface area contributed by atoms with Gasteiger partial charge in [0.05, 0.1) is 0 Å². The molecule has 1 atom stereocenters. The van der Waals surface area contributed by atoms with Crippen molar-refractivity contribution in [2.75, 3.05) is 0 Å². The van der Waals surface area contributed by atoms with Crippen LogP contribution in [0.1, 0.15) is 16.7 Å². The van der Waals surface area contributed by atoms with Crippen molar-refractivity contribution >= 4 is 0 Å². The molecule has 0 saturated heterocycles. The smallest absolute Gasteiger partial charge is 0.302 e. The van der Waals surface area contributed by atoms with E-state index in [0.29, 0.717) is 18.4 Å². The number of halogens is 3. The van der Waals surface area contributed by atoms with Gasteiger partial charge in [-0.2, -0.15) is 13.2 Å². The molecule has 0 aromatic heterocycles. The van der Waals surface area contributed by atoms with Gasteiger partial charge in [0, 0.05) is 6.04 Å². The van der Waals surface area contributed by atoms with Crippen molar-refractivity contribution in [3.63, 3.8) is 0 Å². The van der Waals surface area contributed by atoms with E-state index in [2.05, 4.69) is 5.32 Å². The van der Waals surface area contributed by atoms with Crippen LogP contribution < -0.4 is 5.32 Å². The van der Waals surface area contributed by atoms with Crippen LogP contribution in [0.15, 0.2) is 54.6 Å². The van der Waals surface area contributed by atoms with E-state index in [9.17, 15) is 13.2 Å². The van der Waals surface area contributed by atoms with E-state index in [-0.39, 0.29) is 12.5 Å². The van der Waals surface area contributed by atoms with Gasteiger partial charge in [-0.05, 0) is 36.0 Å². The molecule has 2 aromatic rings. The highest BCUT2D eigenvalue weighted by Gasteiger charge is 2.41. The normalized spacial score (nSPS) is 16.5. The summed E-state index contributed by atoms with van der Waals surface area (Å²) in [6.45, 7) is 0. The molecule has 1 aliphatic carbocycles. The maximum absolute atomic E-state index is 13.3. The van der Waals surface area contributed by atoms with Crippen LogP contribution in [0.5, 0.6) is 0 Å².